The molecule has 0 saturated carbocycles. The Morgan fingerprint density at radius 3 is 2.92 bits per heavy atom. The fourth-order valence-corrected chi connectivity index (χ4v) is 4.51. The number of furan rings is 1. The van der Waals surface area contributed by atoms with Crippen molar-refractivity contribution in [3.05, 3.63) is 45.7 Å². The maximum Gasteiger partial charge on any atom is 0.341 e. The summed E-state index contributed by atoms with van der Waals surface area (Å²) in [5, 5.41) is 3.43. The van der Waals surface area contributed by atoms with Gasteiger partial charge in [-0.05, 0) is 62.8 Å². The van der Waals surface area contributed by atoms with Crippen molar-refractivity contribution >= 4 is 34.3 Å². The van der Waals surface area contributed by atoms with Gasteiger partial charge < -0.3 is 14.5 Å². The van der Waals surface area contributed by atoms with E-state index in [1.807, 2.05) is 13.0 Å². The van der Waals surface area contributed by atoms with Crippen molar-refractivity contribution < 1.29 is 18.7 Å². The van der Waals surface area contributed by atoms with Crippen molar-refractivity contribution in [3.8, 4) is 0 Å². The van der Waals surface area contributed by atoms with E-state index in [2.05, 4.69) is 12.2 Å². The minimum Gasteiger partial charge on any atom is -0.462 e. The van der Waals surface area contributed by atoms with Crippen LogP contribution in [0.3, 0.4) is 0 Å². The lowest BCUT2D eigenvalue weighted by atomic mass is 9.88. The van der Waals surface area contributed by atoms with Gasteiger partial charge in [0.05, 0.1) is 12.2 Å². The zero-order valence-corrected chi connectivity index (χ0v) is 16.1. The third kappa shape index (κ3) is 4.07. The number of carbonyl (C=O) groups excluding carboxylic acids is 2. The van der Waals surface area contributed by atoms with Crippen LogP contribution < -0.4 is 5.32 Å². The van der Waals surface area contributed by atoms with Crippen LogP contribution in [-0.2, 0) is 22.4 Å². The molecule has 0 unspecified atom stereocenters. The summed E-state index contributed by atoms with van der Waals surface area (Å²) in [5.74, 6) is 1.33. The van der Waals surface area contributed by atoms with E-state index in [-0.39, 0.29) is 11.9 Å². The predicted octanol–water partition coefficient (Wildman–Crippen LogP) is 4.60. The zero-order valence-electron chi connectivity index (χ0n) is 15.3. The average molecular weight is 373 g/mol. The molecule has 0 fully saturated rings. The minimum absolute atomic E-state index is 0.295. The number of hydrogen-bond acceptors (Lipinski definition) is 5. The highest BCUT2D eigenvalue weighted by Crippen LogP contribution is 2.40. The largest absolute Gasteiger partial charge is 0.462 e. The van der Waals surface area contributed by atoms with E-state index in [1.54, 1.807) is 19.1 Å². The molecular weight excluding hydrogens is 350 g/mol. The van der Waals surface area contributed by atoms with Gasteiger partial charge >= 0.3 is 5.97 Å². The Morgan fingerprint density at radius 1 is 1.42 bits per heavy atom. The van der Waals surface area contributed by atoms with Gasteiger partial charge in [0.1, 0.15) is 16.5 Å². The van der Waals surface area contributed by atoms with Crippen LogP contribution in [0.4, 0.5) is 5.00 Å². The molecule has 1 amide bonds. The topological polar surface area (TPSA) is 68.5 Å². The smallest absolute Gasteiger partial charge is 0.341 e. The number of thiophene rings is 1. The predicted molar refractivity (Wildman–Crippen MR) is 103 cm³/mol. The molecular formula is C20H23NO4S. The Bertz CT molecular complexity index is 846. The van der Waals surface area contributed by atoms with Gasteiger partial charge in [-0.15, -0.1) is 11.3 Å². The number of anilines is 1. The summed E-state index contributed by atoms with van der Waals surface area (Å²) in [7, 11) is 0. The van der Waals surface area contributed by atoms with Crippen molar-refractivity contribution in [2.75, 3.05) is 11.9 Å². The molecule has 0 radical (unpaired) electrons. The SMILES string of the molecule is CCOC(=O)c1c(NC(=O)/C=C/c2ccc(C)o2)sc2c1CC[C@@H](C)C2. The molecule has 0 spiro atoms. The quantitative estimate of drug-likeness (QED) is 0.614. The normalized spacial score (nSPS) is 16.5. The maximum atomic E-state index is 12.4. The molecule has 138 valence electrons. The summed E-state index contributed by atoms with van der Waals surface area (Å²) >= 11 is 1.48. The number of aryl methyl sites for hydroxylation is 1. The van der Waals surface area contributed by atoms with E-state index in [0.29, 0.717) is 28.8 Å². The maximum absolute atomic E-state index is 12.4. The van der Waals surface area contributed by atoms with E-state index in [0.717, 1.165) is 30.6 Å². The second-order valence-electron chi connectivity index (χ2n) is 6.55. The summed E-state index contributed by atoms with van der Waals surface area (Å²) in [6.45, 7) is 6.15. The second-order valence-corrected chi connectivity index (χ2v) is 7.65. The molecule has 26 heavy (non-hydrogen) atoms. The number of fused-ring (bicyclic) bond motifs is 1. The van der Waals surface area contributed by atoms with Crippen molar-refractivity contribution in [2.45, 2.75) is 40.0 Å². The van der Waals surface area contributed by atoms with Crippen molar-refractivity contribution in [1.82, 2.24) is 0 Å². The molecule has 1 atom stereocenters. The molecule has 5 nitrogen and oxygen atoms in total. The molecule has 1 aliphatic rings. The molecule has 0 aromatic carbocycles. The molecule has 2 heterocycles. The summed E-state index contributed by atoms with van der Waals surface area (Å²) in [5.41, 5.74) is 1.56. The zero-order chi connectivity index (χ0) is 18.7. The molecule has 2 aromatic rings. The van der Waals surface area contributed by atoms with Gasteiger partial charge in [-0.25, -0.2) is 4.79 Å². The lowest BCUT2D eigenvalue weighted by Crippen LogP contribution is -2.15. The highest BCUT2D eigenvalue weighted by molar-refractivity contribution is 7.17. The fraction of sp³-hybridized carbons (Fsp3) is 0.400. The van der Waals surface area contributed by atoms with Gasteiger partial charge in [-0.2, -0.15) is 0 Å². The first-order valence-corrected chi connectivity index (χ1v) is 9.66. The number of nitrogens with one attached hydrogen (secondary N) is 1. The first-order chi connectivity index (χ1) is 12.5. The Kier molecular flexibility index (Phi) is 5.61. The van der Waals surface area contributed by atoms with Crippen LogP contribution in [0.1, 0.15) is 52.6 Å². The number of ether oxygens (including phenoxy) is 1. The molecule has 6 heteroatoms. The van der Waals surface area contributed by atoms with E-state index >= 15 is 0 Å². The Labute approximate surface area is 157 Å². The first-order valence-electron chi connectivity index (χ1n) is 8.85. The van der Waals surface area contributed by atoms with Gasteiger partial charge in [0.15, 0.2) is 0 Å². The average Bonchev–Trinajstić information content (AvgIpc) is 3.15. The Morgan fingerprint density at radius 2 is 2.23 bits per heavy atom. The highest BCUT2D eigenvalue weighted by atomic mass is 32.1. The number of hydrogen-bond donors (Lipinski definition) is 1. The van der Waals surface area contributed by atoms with E-state index in [4.69, 9.17) is 9.15 Å². The molecule has 0 bridgehead atoms. The molecule has 2 aromatic heterocycles. The van der Waals surface area contributed by atoms with E-state index in [9.17, 15) is 9.59 Å². The minimum atomic E-state index is -0.361. The lowest BCUT2D eigenvalue weighted by molar-refractivity contribution is -0.111. The number of carbonyl (C=O) groups is 2. The third-order valence-electron chi connectivity index (χ3n) is 4.39. The lowest BCUT2D eigenvalue weighted by Gasteiger charge is -2.18. The summed E-state index contributed by atoms with van der Waals surface area (Å²) in [4.78, 5) is 25.9. The first kappa shape index (κ1) is 18.5. The van der Waals surface area contributed by atoms with Crippen LogP contribution in [-0.4, -0.2) is 18.5 Å². The molecule has 1 N–H and O–H groups in total. The van der Waals surface area contributed by atoms with Gasteiger partial charge in [-0.1, -0.05) is 6.92 Å². The fourth-order valence-electron chi connectivity index (χ4n) is 3.11. The summed E-state index contributed by atoms with van der Waals surface area (Å²) in [6.07, 6.45) is 5.85. The third-order valence-corrected chi connectivity index (χ3v) is 5.56. The van der Waals surface area contributed by atoms with Gasteiger partial charge in [-0.3, -0.25) is 4.79 Å². The number of rotatable bonds is 5. The summed E-state index contributed by atoms with van der Waals surface area (Å²) < 4.78 is 10.6. The van der Waals surface area contributed by atoms with E-state index < -0.39 is 0 Å². The second kappa shape index (κ2) is 7.91. The summed E-state index contributed by atoms with van der Waals surface area (Å²) in [6, 6.07) is 3.64. The number of amides is 1. The highest BCUT2D eigenvalue weighted by Gasteiger charge is 2.28. The van der Waals surface area contributed by atoms with Crippen LogP contribution in [0.2, 0.25) is 0 Å². The van der Waals surface area contributed by atoms with Crippen molar-refractivity contribution in [1.29, 1.82) is 0 Å². The Hall–Kier alpha value is -2.34. The van der Waals surface area contributed by atoms with Gasteiger partial charge in [0.2, 0.25) is 5.91 Å². The Balaban J connectivity index is 1.83. The van der Waals surface area contributed by atoms with Crippen LogP contribution in [0.15, 0.2) is 22.6 Å². The van der Waals surface area contributed by atoms with E-state index in [1.165, 1.54) is 22.3 Å². The van der Waals surface area contributed by atoms with Gasteiger partial charge in [0, 0.05) is 11.0 Å². The molecule has 0 aliphatic heterocycles. The van der Waals surface area contributed by atoms with Crippen LogP contribution >= 0.6 is 11.3 Å². The molecule has 0 saturated heterocycles. The van der Waals surface area contributed by atoms with Crippen LogP contribution in [0.25, 0.3) is 6.08 Å². The van der Waals surface area contributed by atoms with Crippen LogP contribution in [0.5, 0.6) is 0 Å². The van der Waals surface area contributed by atoms with Gasteiger partial charge in [0.25, 0.3) is 0 Å². The number of esters is 1. The molecule has 3 rings (SSSR count). The van der Waals surface area contributed by atoms with Crippen molar-refractivity contribution in [2.24, 2.45) is 5.92 Å². The molecule has 1 aliphatic carbocycles. The van der Waals surface area contributed by atoms with Crippen LogP contribution in [0, 0.1) is 12.8 Å². The standard InChI is InChI=1S/C20H23NO4S/c1-4-24-20(23)18-15-9-5-12(2)11-16(15)26-19(18)21-17(22)10-8-14-7-6-13(3)25-14/h6-8,10,12H,4-5,9,11H2,1-3H3,(H,21,22)/b10-8+/t12-/m1/s1. The van der Waals surface area contributed by atoms with Crippen molar-refractivity contribution in [3.63, 3.8) is 0 Å². The monoisotopic (exact) mass is 373 g/mol.